The summed E-state index contributed by atoms with van der Waals surface area (Å²) in [4.78, 5) is 22.0. The SMILES string of the molecule is CC1CCC(OC(=O)c2ccc([N+](=O)[O-])c(Cl)c2)CC1. The van der Waals surface area contributed by atoms with Crippen LogP contribution in [0.3, 0.4) is 0 Å². The second-order valence-corrected chi connectivity index (χ2v) is 5.62. The number of ether oxygens (including phenoxy) is 1. The molecule has 1 aliphatic carbocycles. The van der Waals surface area contributed by atoms with Crippen LogP contribution in [0, 0.1) is 16.0 Å². The highest BCUT2D eigenvalue weighted by atomic mass is 35.5. The minimum Gasteiger partial charge on any atom is -0.459 e. The molecule has 0 aromatic heterocycles. The largest absolute Gasteiger partial charge is 0.459 e. The number of nitrogens with zero attached hydrogens (tertiary/aromatic N) is 1. The van der Waals surface area contributed by atoms with Gasteiger partial charge in [0.25, 0.3) is 5.69 Å². The maximum absolute atomic E-state index is 12.0. The Morgan fingerprint density at radius 3 is 2.55 bits per heavy atom. The molecule has 1 aromatic rings. The maximum Gasteiger partial charge on any atom is 0.338 e. The van der Waals surface area contributed by atoms with Crippen molar-refractivity contribution in [2.45, 2.75) is 38.7 Å². The lowest BCUT2D eigenvalue weighted by Gasteiger charge is -2.25. The number of benzene rings is 1. The molecule has 0 aliphatic heterocycles. The van der Waals surface area contributed by atoms with E-state index in [1.165, 1.54) is 18.2 Å². The van der Waals surface area contributed by atoms with Gasteiger partial charge in [-0.3, -0.25) is 10.1 Å². The van der Waals surface area contributed by atoms with Crippen molar-refractivity contribution in [2.75, 3.05) is 0 Å². The van der Waals surface area contributed by atoms with Crippen molar-refractivity contribution in [1.29, 1.82) is 0 Å². The van der Waals surface area contributed by atoms with Crippen LogP contribution in [0.5, 0.6) is 0 Å². The van der Waals surface area contributed by atoms with Gasteiger partial charge >= 0.3 is 5.97 Å². The Labute approximate surface area is 122 Å². The average Bonchev–Trinajstić information content (AvgIpc) is 2.40. The molecule has 108 valence electrons. The van der Waals surface area contributed by atoms with Gasteiger partial charge in [-0.15, -0.1) is 0 Å². The lowest BCUT2D eigenvalue weighted by molar-refractivity contribution is -0.384. The molecule has 20 heavy (non-hydrogen) atoms. The lowest BCUT2D eigenvalue weighted by Crippen LogP contribution is -2.23. The van der Waals surface area contributed by atoms with Crippen LogP contribution in [-0.4, -0.2) is 17.0 Å². The van der Waals surface area contributed by atoms with E-state index in [1.807, 2.05) is 0 Å². The highest BCUT2D eigenvalue weighted by molar-refractivity contribution is 6.33. The van der Waals surface area contributed by atoms with E-state index in [0.29, 0.717) is 5.92 Å². The predicted octanol–water partition coefficient (Wildman–Crippen LogP) is 3.98. The quantitative estimate of drug-likeness (QED) is 0.480. The van der Waals surface area contributed by atoms with Crippen molar-refractivity contribution < 1.29 is 14.5 Å². The summed E-state index contributed by atoms with van der Waals surface area (Å²) < 4.78 is 5.41. The summed E-state index contributed by atoms with van der Waals surface area (Å²) in [7, 11) is 0. The van der Waals surface area contributed by atoms with Crippen molar-refractivity contribution >= 4 is 23.3 Å². The van der Waals surface area contributed by atoms with E-state index in [-0.39, 0.29) is 22.4 Å². The van der Waals surface area contributed by atoms with Crippen LogP contribution in [0.1, 0.15) is 43.0 Å². The summed E-state index contributed by atoms with van der Waals surface area (Å²) in [5.41, 5.74) is 0.0360. The highest BCUT2D eigenvalue weighted by Crippen LogP contribution is 2.28. The minimum atomic E-state index is -0.583. The zero-order valence-corrected chi connectivity index (χ0v) is 11.9. The Balaban J connectivity index is 2.02. The first-order chi connectivity index (χ1) is 9.47. The topological polar surface area (TPSA) is 69.4 Å². The molecule has 1 aromatic carbocycles. The number of hydrogen-bond acceptors (Lipinski definition) is 4. The van der Waals surface area contributed by atoms with Gasteiger partial charge in [0.2, 0.25) is 0 Å². The molecule has 1 saturated carbocycles. The van der Waals surface area contributed by atoms with Crippen LogP contribution >= 0.6 is 11.6 Å². The first kappa shape index (κ1) is 14.8. The van der Waals surface area contributed by atoms with Crippen molar-refractivity contribution in [3.63, 3.8) is 0 Å². The molecule has 0 atom stereocenters. The molecular weight excluding hydrogens is 282 g/mol. The third-order valence-corrected chi connectivity index (χ3v) is 3.92. The van der Waals surface area contributed by atoms with Crippen molar-refractivity contribution in [2.24, 2.45) is 5.92 Å². The molecule has 2 rings (SSSR count). The molecular formula is C14H16ClNO4. The standard InChI is InChI=1S/C14H16ClNO4/c1-9-2-5-11(6-3-9)20-14(17)10-4-7-13(16(18)19)12(15)8-10/h4,7-9,11H,2-3,5-6H2,1H3. The van der Waals surface area contributed by atoms with Gasteiger partial charge in [-0.2, -0.15) is 0 Å². The molecule has 0 spiro atoms. The summed E-state index contributed by atoms with van der Waals surface area (Å²) >= 11 is 5.78. The Morgan fingerprint density at radius 2 is 2.00 bits per heavy atom. The van der Waals surface area contributed by atoms with Gasteiger partial charge in [0.1, 0.15) is 11.1 Å². The Kier molecular flexibility index (Phi) is 4.60. The van der Waals surface area contributed by atoms with Gasteiger partial charge in [0, 0.05) is 6.07 Å². The molecule has 1 fully saturated rings. The fourth-order valence-electron chi connectivity index (χ4n) is 2.35. The van der Waals surface area contributed by atoms with E-state index in [1.54, 1.807) is 0 Å². The highest BCUT2D eigenvalue weighted by Gasteiger charge is 2.23. The molecule has 0 saturated heterocycles. The van der Waals surface area contributed by atoms with Gasteiger partial charge in [-0.05, 0) is 43.7 Å². The normalized spacial score (nSPS) is 22.3. The van der Waals surface area contributed by atoms with E-state index >= 15 is 0 Å². The Bertz CT molecular complexity index is 524. The summed E-state index contributed by atoms with van der Waals surface area (Å²) in [5, 5.41) is 10.6. The minimum absolute atomic E-state index is 0.0540. The molecule has 6 heteroatoms. The molecule has 0 amide bonds. The number of nitro benzene ring substituents is 1. The van der Waals surface area contributed by atoms with Crippen LogP contribution in [0.15, 0.2) is 18.2 Å². The molecule has 5 nitrogen and oxygen atoms in total. The number of rotatable bonds is 3. The number of hydrogen-bond donors (Lipinski definition) is 0. The first-order valence-electron chi connectivity index (χ1n) is 6.62. The Hall–Kier alpha value is -1.62. The second kappa shape index (κ2) is 6.22. The number of carbonyl (C=O) groups excluding carboxylic acids is 1. The molecule has 1 aliphatic rings. The summed E-state index contributed by atoms with van der Waals surface area (Å²) in [6.07, 6.45) is 3.78. The zero-order valence-electron chi connectivity index (χ0n) is 11.2. The number of halogens is 1. The third kappa shape index (κ3) is 3.48. The smallest absolute Gasteiger partial charge is 0.338 e. The zero-order chi connectivity index (χ0) is 14.7. The molecule has 0 N–H and O–H groups in total. The second-order valence-electron chi connectivity index (χ2n) is 5.21. The fourth-order valence-corrected chi connectivity index (χ4v) is 2.60. The number of esters is 1. The van der Waals surface area contributed by atoms with Crippen LogP contribution in [0.25, 0.3) is 0 Å². The number of carbonyl (C=O) groups is 1. The lowest BCUT2D eigenvalue weighted by atomic mass is 9.89. The van der Waals surface area contributed by atoms with Gasteiger partial charge in [-0.25, -0.2) is 4.79 Å². The Morgan fingerprint density at radius 1 is 1.35 bits per heavy atom. The molecule has 0 unspecified atom stereocenters. The van der Waals surface area contributed by atoms with Crippen LogP contribution in [0.2, 0.25) is 5.02 Å². The van der Waals surface area contributed by atoms with Gasteiger partial charge in [0.05, 0.1) is 10.5 Å². The third-order valence-electron chi connectivity index (χ3n) is 3.62. The fraction of sp³-hybridized carbons (Fsp3) is 0.500. The van der Waals surface area contributed by atoms with E-state index < -0.39 is 10.9 Å². The van der Waals surface area contributed by atoms with Crippen molar-refractivity contribution in [1.82, 2.24) is 0 Å². The number of nitro groups is 1. The van der Waals surface area contributed by atoms with E-state index in [2.05, 4.69) is 6.92 Å². The van der Waals surface area contributed by atoms with Gasteiger partial charge in [0.15, 0.2) is 0 Å². The van der Waals surface area contributed by atoms with Gasteiger partial charge in [-0.1, -0.05) is 18.5 Å². The van der Waals surface area contributed by atoms with Crippen molar-refractivity contribution in [3.8, 4) is 0 Å². The average molecular weight is 298 g/mol. The summed E-state index contributed by atoms with van der Waals surface area (Å²) in [5.74, 6) is 0.208. The van der Waals surface area contributed by atoms with Crippen LogP contribution in [0.4, 0.5) is 5.69 Å². The van der Waals surface area contributed by atoms with E-state index in [0.717, 1.165) is 25.7 Å². The molecule has 0 radical (unpaired) electrons. The first-order valence-corrected chi connectivity index (χ1v) is 7.00. The summed E-state index contributed by atoms with van der Waals surface area (Å²) in [6, 6.07) is 3.88. The monoisotopic (exact) mass is 297 g/mol. The summed E-state index contributed by atoms with van der Waals surface area (Å²) in [6.45, 7) is 2.19. The molecule has 0 heterocycles. The van der Waals surface area contributed by atoms with Gasteiger partial charge < -0.3 is 4.74 Å². The van der Waals surface area contributed by atoms with E-state index in [9.17, 15) is 14.9 Å². The maximum atomic E-state index is 12.0. The van der Waals surface area contributed by atoms with E-state index in [4.69, 9.17) is 16.3 Å². The predicted molar refractivity (Wildman–Crippen MR) is 74.9 cm³/mol. The van der Waals surface area contributed by atoms with Crippen LogP contribution < -0.4 is 0 Å². The van der Waals surface area contributed by atoms with Crippen LogP contribution in [-0.2, 0) is 4.74 Å². The van der Waals surface area contributed by atoms with Crippen molar-refractivity contribution in [3.05, 3.63) is 38.9 Å². The molecule has 0 bridgehead atoms.